The van der Waals surface area contributed by atoms with Crippen molar-refractivity contribution in [3.8, 4) is 33.4 Å². The Bertz CT molecular complexity index is 1190. The summed E-state index contributed by atoms with van der Waals surface area (Å²) in [6, 6.07) is 33.3. The summed E-state index contributed by atoms with van der Waals surface area (Å²) in [4.78, 5) is 0. The zero-order valence-corrected chi connectivity index (χ0v) is 16.7. The van der Waals surface area contributed by atoms with Crippen LogP contribution in [0, 0.1) is 0 Å². The molecule has 0 saturated heterocycles. The van der Waals surface area contributed by atoms with Gasteiger partial charge in [0.2, 0.25) is 0 Å². The molecular weight excluding hydrogens is 335 g/mol. The minimum absolute atomic E-state index is 0.0357. The standard InChI is InChI=1S/C27H23B/c1-27(2)25-11-7-6-10-23(25)24-13-12-19(17-26(24)27)21-14-20(15-22(28)16-21)18-8-4-3-5-9-18/h3-17H,28H2,1-2H3. The van der Waals surface area contributed by atoms with E-state index in [-0.39, 0.29) is 5.41 Å². The maximum absolute atomic E-state index is 2.40. The summed E-state index contributed by atoms with van der Waals surface area (Å²) in [6.07, 6.45) is 0. The summed E-state index contributed by atoms with van der Waals surface area (Å²) >= 11 is 0. The molecule has 0 unspecified atom stereocenters. The van der Waals surface area contributed by atoms with Gasteiger partial charge >= 0.3 is 0 Å². The van der Waals surface area contributed by atoms with Gasteiger partial charge in [0.15, 0.2) is 0 Å². The fourth-order valence-electron chi connectivity index (χ4n) is 4.63. The summed E-state index contributed by atoms with van der Waals surface area (Å²) in [5.41, 5.74) is 12.1. The van der Waals surface area contributed by atoms with Crippen LogP contribution in [-0.4, -0.2) is 7.85 Å². The van der Waals surface area contributed by atoms with E-state index < -0.39 is 0 Å². The molecule has 5 rings (SSSR count). The Hall–Kier alpha value is -3.06. The van der Waals surface area contributed by atoms with Crippen LogP contribution in [0.25, 0.3) is 33.4 Å². The first-order chi connectivity index (χ1) is 13.5. The molecule has 1 aliphatic carbocycles. The zero-order valence-electron chi connectivity index (χ0n) is 16.7. The molecule has 0 aromatic heterocycles. The van der Waals surface area contributed by atoms with Crippen LogP contribution in [0.2, 0.25) is 0 Å². The Morgan fingerprint density at radius 3 is 1.96 bits per heavy atom. The first-order valence-electron chi connectivity index (χ1n) is 9.96. The van der Waals surface area contributed by atoms with Gasteiger partial charge in [-0.05, 0) is 56.6 Å². The molecule has 0 bridgehead atoms. The number of benzene rings is 4. The zero-order chi connectivity index (χ0) is 19.3. The van der Waals surface area contributed by atoms with Gasteiger partial charge in [-0.2, -0.15) is 0 Å². The molecule has 4 aromatic carbocycles. The van der Waals surface area contributed by atoms with Crippen molar-refractivity contribution >= 4 is 13.3 Å². The Morgan fingerprint density at radius 1 is 0.536 bits per heavy atom. The van der Waals surface area contributed by atoms with Crippen LogP contribution in [-0.2, 0) is 5.41 Å². The molecule has 0 atom stereocenters. The van der Waals surface area contributed by atoms with E-state index in [4.69, 9.17) is 0 Å². The van der Waals surface area contributed by atoms with Gasteiger partial charge < -0.3 is 0 Å². The Balaban J connectivity index is 1.65. The first-order valence-corrected chi connectivity index (χ1v) is 9.96. The second kappa shape index (κ2) is 6.24. The predicted molar refractivity (Wildman–Crippen MR) is 123 cm³/mol. The highest BCUT2D eigenvalue weighted by Crippen LogP contribution is 2.49. The van der Waals surface area contributed by atoms with Crippen molar-refractivity contribution in [2.75, 3.05) is 0 Å². The second-order valence-corrected chi connectivity index (χ2v) is 8.38. The van der Waals surface area contributed by atoms with Gasteiger partial charge in [-0.25, -0.2) is 0 Å². The molecule has 0 N–H and O–H groups in total. The first kappa shape index (κ1) is 17.1. The third-order valence-electron chi connectivity index (χ3n) is 6.10. The average molecular weight is 358 g/mol. The summed E-state index contributed by atoms with van der Waals surface area (Å²) in [6.45, 7) is 4.68. The second-order valence-electron chi connectivity index (χ2n) is 8.38. The smallest absolute Gasteiger partial charge is 0.0877 e. The number of hydrogen-bond acceptors (Lipinski definition) is 0. The lowest BCUT2D eigenvalue weighted by Gasteiger charge is -2.22. The van der Waals surface area contributed by atoms with Gasteiger partial charge in [0.25, 0.3) is 0 Å². The van der Waals surface area contributed by atoms with E-state index in [1.165, 1.54) is 50.0 Å². The average Bonchev–Trinajstić information content (AvgIpc) is 2.95. The highest BCUT2D eigenvalue weighted by molar-refractivity contribution is 6.33. The molecule has 0 amide bonds. The fraction of sp³-hybridized carbons (Fsp3) is 0.111. The molecule has 0 nitrogen and oxygen atoms in total. The summed E-state index contributed by atoms with van der Waals surface area (Å²) in [5.74, 6) is 0. The molecular formula is C27H23B. The van der Waals surface area contributed by atoms with Crippen LogP contribution in [0.1, 0.15) is 25.0 Å². The monoisotopic (exact) mass is 358 g/mol. The molecule has 134 valence electrons. The molecule has 0 fully saturated rings. The highest BCUT2D eigenvalue weighted by Gasteiger charge is 2.35. The minimum Gasteiger partial charge on any atom is -0.0877 e. The van der Waals surface area contributed by atoms with Crippen molar-refractivity contribution in [3.63, 3.8) is 0 Å². The van der Waals surface area contributed by atoms with Crippen molar-refractivity contribution in [3.05, 3.63) is 102 Å². The number of rotatable bonds is 2. The Labute approximate surface area is 168 Å². The molecule has 0 spiro atoms. The summed E-state index contributed by atoms with van der Waals surface area (Å²) in [5, 5.41) is 0. The van der Waals surface area contributed by atoms with Crippen LogP contribution in [0.15, 0.2) is 91.0 Å². The van der Waals surface area contributed by atoms with Gasteiger partial charge in [0.1, 0.15) is 7.85 Å². The molecule has 0 saturated carbocycles. The van der Waals surface area contributed by atoms with E-state index in [0.29, 0.717) is 0 Å². The van der Waals surface area contributed by atoms with E-state index in [2.05, 4.69) is 113 Å². The SMILES string of the molecule is Bc1cc(-c2ccccc2)cc(-c2ccc3c(c2)C(C)(C)c2ccccc2-3)c1. The van der Waals surface area contributed by atoms with E-state index in [1.807, 2.05) is 0 Å². The normalized spacial score (nSPS) is 13.8. The van der Waals surface area contributed by atoms with E-state index in [1.54, 1.807) is 0 Å². The van der Waals surface area contributed by atoms with Crippen molar-refractivity contribution in [2.24, 2.45) is 0 Å². The van der Waals surface area contributed by atoms with Crippen LogP contribution in [0.4, 0.5) is 0 Å². The van der Waals surface area contributed by atoms with Crippen molar-refractivity contribution in [2.45, 2.75) is 19.3 Å². The van der Waals surface area contributed by atoms with Crippen LogP contribution >= 0.6 is 0 Å². The molecule has 28 heavy (non-hydrogen) atoms. The fourth-order valence-corrected chi connectivity index (χ4v) is 4.63. The lowest BCUT2D eigenvalue weighted by atomic mass is 9.81. The lowest BCUT2D eigenvalue weighted by Crippen LogP contribution is -2.15. The maximum atomic E-state index is 2.40. The third kappa shape index (κ3) is 2.62. The van der Waals surface area contributed by atoms with Gasteiger partial charge in [-0.3, -0.25) is 0 Å². The van der Waals surface area contributed by atoms with Crippen LogP contribution in [0.5, 0.6) is 0 Å². The Kier molecular flexibility index (Phi) is 3.80. The highest BCUT2D eigenvalue weighted by atomic mass is 14.4. The van der Waals surface area contributed by atoms with E-state index in [9.17, 15) is 0 Å². The predicted octanol–water partition coefficient (Wildman–Crippen LogP) is 5.59. The molecule has 0 radical (unpaired) electrons. The van der Waals surface area contributed by atoms with Gasteiger partial charge in [0, 0.05) is 5.41 Å². The number of fused-ring (bicyclic) bond motifs is 3. The van der Waals surface area contributed by atoms with Gasteiger partial charge in [0.05, 0.1) is 0 Å². The summed E-state index contributed by atoms with van der Waals surface area (Å²) in [7, 11) is 2.18. The quantitative estimate of drug-likeness (QED) is 0.410. The van der Waals surface area contributed by atoms with Crippen molar-refractivity contribution < 1.29 is 0 Å². The molecule has 4 aromatic rings. The van der Waals surface area contributed by atoms with Crippen LogP contribution in [0.3, 0.4) is 0 Å². The molecule has 0 heterocycles. The van der Waals surface area contributed by atoms with Crippen LogP contribution < -0.4 is 5.46 Å². The third-order valence-corrected chi connectivity index (χ3v) is 6.10. The minimum atomic E-state index is 0.0357. The van der Waals surface area contributed by atoms with Crippen molar-refractivity contribution in [1.29, 1.82) is 0 Å². The summed E-state index contributed by atoms with van der Waals surface area (Å²) < 4.78 is 0. The topological polar surface area (TPSA) is 0 Å². The molecule has 1 heteroatoms. The van der Waals surface area contributed by atoms with E-state index >= 15 is 0 Å². The maximum Gasteiger partial charge on any atom is 0.139 e. The van der Waals surface area contributed by atoms with Gasteiger partial charge in [-0.1, -0.05) is 98.2 Å². The number of hydrogen-bond donors (Lipinski definition) is 0. The largest absolute Gasteiger partial charge is 0.139 e. The van der Waals surface area contributed by atoms with Crippen molar-refractivity contribution in [1.82, 2.24) is 0 Å². The van der Waals surface area contributed by atoms with E-state index in [0.717, 1.165) is 0 Å². The molecule has 0 aliphatic heterocycles. The Morgan fingerprint density at radius 2 is 1.18 bits per heavy atom. The molecule has 1 aliphatic rings. The lowest BCUT2D eigenvalue weighted by molar-refractivity contribution is 0.660. The van der Waals surface area contributed by atoms with Gasteiger partial charge in [-0.15, -0.1) is 0 Å².